The molecule has 164 valence electrons. The molecule has 0 unspecified atom stereocenters. The van der Waals surface area contributed by atoms with Crippen molar-refractivity contribution in [2.24, 2.45) is 5.92 Å². The Hall–Kier alpha value is -2.94. The molecule has 0 fully saturated rings. The van der Waals surface area contributed by atoms with Gasteiger partial charge in [0.05, 0.1) is 6.20 Å². The van der Waals surface area contributed by atoms with E-state index in [2.05, 4.69) is 55.2 Å². The zero-order valence-electron chi connectivity index (χ0n) is 19.1. The quantitative estimate of drug-likeness (QED) is 0.288. The van der Waals surface area contributed by atoms with Crippen LogP contribution >= 0.6 is 0 Å². The van der Waals surface area contributed by atoms with Crippen LogP contribution in [0.5, 0.6) is 0 Å². The average molecular weight is 426 g/mol. The van der Waals surface area contributed by atoms with Crippen molar-refractivity contribution >= 4 is 11.4 Å². The standard InChI is InChI=1S/C29H31NO2/c1-3-6-19(7-4-2)8-5-9-21-22-11-10-20(29-30-16-17-32-29)18-26(22)28-24(21)13-12-23-25(28)14-15-27(23)31/h9-13,16-19H,3-8,14-15H2,1-2H3. The molecule has 2 aromatic carbocycles. The van der Waals surface area contributed by atoms with Crippen LogP contribution in [0.15, 0.2) is 53.3 Å². The largest absolute Gasteiger partial charge is 0.445 e. The van der Waals surface area contributed by atoms with Gasteiger partial charge in [-0.1, -0.05) is 63.8 Å². The molecule has 32 heavy (non-hydrogen) atoms. The lowest BCUT2D eigenvalue weighted by atomic mass is 9.92. The molecule has 3 heteroatoms. The Morgan fingerprint density at radius 1 is 0.969 bits per heavy atom. The van der Waals surface area contributed by atoms with Gasteiger partial charge in [-0.15, -0.1) is 0 Å². The molecule has 3 nitrogen and oxygen atoms in total. The fraction of sp³-hybridized carbons (Fsp3) is 0.379. The number of ketones is 1. The van der Waals surface area contributed by atoms with Crippen LogP contribution in [0.2, 0.25) is 0 Å². The summed E-state index contributed by atoms with van der Waals surface area (Å²) in [5.74, 6) is 1.72. The molecular weight excluding hydrogens is 394 g/mol. The van der Waals surface area contributed by atoms with Crippen LogP contribution in [-0.4, -0.2) is 10.8 Å². The van der Waals surface area contributed by atoms with Crippen molar-refractivity contribution in [1.29, 1.82) is 0 Å². The molecule has 0 radical (unpaired) electrons. The number of oxazole rings is 1. The highest BCUT2D eigenvalue weighted by Gasteiger charge is 2.31. The summed E-state index contributed by atoms with van der Waals surface area (Å²) in [4.78, 5) is 16.8. The van der Waals surface area contributed by atoms with Crippen molar-refractivity contribution in [3.63, 3.8) is 0 Å². The Morgan fingerprint density at radius 3 is 2.50 bits per heavy atom. The summed E-state index contributed by atoms with van der Waals surface area (Å²) in [7, 11) is 0. The lowest BCUT2D eigenvalue weighted by molar-refractivity contribution is 0.0994. The van der Waals surface area contributed by atoms with Crippen LogP contribution in [0.4, 0.5) is 0 Å². The van der Waals surface area contributed by atoms with Gasteiger partial charge < -0.3 is 4.42 Å². The number of hydrogen-bond donors (Lipinski definition) is 0. The van der Waals surface area contributed by atoms with Gasteiger partial charge in [-0.25, -0.2) is 4.98 Å². The Morgan fingerprint density at radius 2 is 1.75 bits per heavy atom. The molecule has 0 saturated carbocycles. The highest BCUT2D eigenvalue weighted by molar-refractivity contribution is 6.09. The minimum Gasteiger partial charge on any atom is -0.445 e. The average Bonchev–Trinajstić information content (AvgIpc) is 3.53. The van der Waals surface area contributed by atoms with Gasteiger partial charge in [0.25, 0.3) is 0 Å². The molecule has 0 aliphatic heterocycles. The molecular formula is C29H31NO2. The zero-order chi connectivity index (χ0) is 22.1. The van der Waals surface area contributed by atoms with Crippen LogP contribution in [0.3, 0.4) is 0 Å². The molecule has 3 aromatic rings. The third kappa shape index (κ3) is 3.64. The molecule has 0 spiro atoms. The SMILES string of the molecule is CCCC(CCC)CCC=C1c2ccc(-c3ncco3)cc2-c2c1ccc1c2CCC1=O. The van der Waals surface area contributed by atoms with Gasteiger partial charge in [-0.2, -0.15) is 0 Å². The first-order valence-corrected chi connectivity index (χ1v) is 12.2. The predicted octanol–water partition coefficient (Wildman–Crippen LogP) is 7.88. The van der Waals surface area contributed by atoms with E-state index in [0.717, 1.165) is 29.9 Å². The van der Waals surface area contributed by atoms with Crippen LogP contribution in [0, 0.1) is 5.92 Å². The Bertz CT molecular complexity index is 1160. The van der Waals surface area contributed by atoms with E-state index in [1.165, 1.54) is 65.5 Å². The van der Waals surface area contributed by atoms with Crippen molar-refractivity contribution in [3.8, 4) is 22.6 Å². The van der Waals surface area contributed by atoms with Crippen molar-refractivity contribution in [3.05, 3.63) is 71.1 Å². The summed E-state index contributed by atoms with van der Waals surface area (Å²) in [6.45, 7) is 4.58. The van der Waals surface area contributed by atoms with E-state index in [-0.39, 0.29) is 5.78 Å². The second kappa shape index (κ2) is 8.90. The highest BCUT2D eigenvalue weighted by Crippen LogP contribution is 2.49. The van der Waals surface area contributed by atoms with E-state index in [1.807, 2.05) is 0 Å². The molecule has 1 aromatic heterocycles. The Balaban J connectivity index is 1.56. The molecule has 5 rings (SSSR count). The monoisotopic (exact) mass is 425 g/mol. The van der Waals surface area contributed by atoms with E-state index in [1.54, 1.807) is 12.5 Å². The van der Waals surface area contributed by atoms with Gasteiger partial charge in [0.15, 0.2) is 5.78 Å². The van der Waals surface area contributed by atoms with E-state index < -0.39 is 0 Å². The van der Waals surface area contributed by atoms with Crippen molar-refractivity contribution < 1.29 is 9.21 Å². The first-order valence-electron chi connectivity index (χ1n) is 12.2. The number of rotatable bonds is 8. The first-order chi connectivity index (χ1) is 15.7. The number of hydrogen-bond acceptors (Lipinski definition) is 3. The highest BCUT2D eigenvalue weighted by atomic mass is 16.3. The summed E-state index contributed by atoms with van der Waals surface area (Å²) in [5.41, 5.74) is 9.44. The van der Waals surface area contributed by atoms with E-state index in [4.69, 9.17) is 4.42 Å². The fourth-order valence-corrected chi connectivity index (χ4v) is 5.64. The van der Waals surface area contributed by atoms with Gasteiger partial charge in [-0.05, 0) is 70.7 Å². The topological polar surface area (TPSA) is 43.1 Å². The Kier molecular flexibility index (Phi) is 5.82. The molecule has 0 amide bonds. The van der Waals surface area contributed by atoms with Crippen LogP contribution < -0.4 is 0 Å². The third-order valence-electron chi connectivity index (χ3n) is 7.08. The predicted molar refractivity (Wildman–Crippen MR) is 130 cm³/mol. The number of aromatic nitrogens is 1. The summed E-state index contributed by atoms with van der Waals surface area (Å²) in [6.07, 6.45) is 14.7. The number of allylic oxidation sites excluding steroid dienone is 1. The van der Waals surface area contributed by atoms with Crippen molar-refractivity contribution in [2.75, 3.05) is 0 Å². The third-order valence-corrected chi connectivity index (χ3v) is 7.08. The van der Waals surface area contributed by atoms with Crippen LogP contribution in [0.25, 0.3) is 28.2 Å². The summed E-state index contributed by atoms with van der Waals surface area (Å²) < 4.78 is 5.56. The second-order valence-electron chi connectivity index (χ2n) is 9.17. The maximum absolute atomic E-state index is 12.4. The number of benzene rings is 2. The zero-order valence-corrected chi connectivity index (χ0v) is 19.1. The van der Waals surface area contributed by atoms with Crippen LogP contribution in [0.1, 0.15) is 85.8 Å². The molecule has 0 bridgehead atoms. The maximum atomic E-state index is 12.4. The number of carbonyl (C=O) groups excluding carboxylic acids is 1. The molecule has 0 atom stereocenters. The first kappa shape index (κ1) is 20.9. The summed E-state index contributed by atoms with van der Waals surface area (Å²) in [6, 6.07) is 10.7. The van der Waals surface area contributed by atoms with Crippen LogP contribution in [-0.2, 0) is 6.42 Å². The lowest BCUT2D eigenvalue weighted by Crippen LogP contribution is -1.99. The molecule has 0 saturated heterocycles. The maximum Gasteiger partial charge on any atom is 0.225 e. The molecule has 0 N–H and O–H groups in total. The summed E-state index contributed by atoms with van der Waals surface area (Å²) in [5, 5.41) is 0. The lowest BCUT2D eigenvalue weighted by Gasteiger charge is -2.14. The summed E-state index contributed by atoms with van der Waals surface area (Å²) >= 11 is 0. The van der Waals surface area contributed by atoms with Gasteiger partial charge in [0.1, 0.15) is 6.26 Å². The van der Waals surface area contributed by atoms with E-state index in [0.29, 0.717) is 12.3 Å². The molecule has 2 aliphatic carbocycles. The van der Waals surface area contributed by atoms with Gasteiger partial charge >= 0.3 is 0 Å². The molecule has 1 heterocycles. The smallest absolute Gasteiger partial charge is 0.225 e. The fourth-order valence-electron chi connectivity index (χ4n) is 5.64. The van der Waals surface area contributed by atoms with Crippen molar-refractivity contribution in [2.45, 2.75) is 65.2 Å². The minimum atomic E-state index is 0.271. The number of nitrogens with zero attached hydrogens (tertiary/aromatic N) is 1. The van der Waals surface area contributed by atoms with Gasteiger partial charge in [0, 0.05) is 17.5 Å². The number of Topliss-reactive ketones (excluding diaryl/α,β-unsaturated/α-hetero) is 1. The molecule has 2 aliphatic rings. The second-order valence-corrected chi connectivity index (χ2v) is 9.17. The van der Waals surface area contributed by atoms with E-state index in [9.17, 15) is 4.79 Å². The van der Waals surface area contributed by atoms with Crippen molar-refractivity contribution in [1.82, 2.24) is 4.98 Å². The number of fused-ring (bicyclic) bond motifs is 5. The Labute approximate surface area is 190 Å². The normalized spacial score (nSPS) is 15.5. The van der Waals surface area contributed by atoms with Gasteiger partial charge in [0.2, 0.25) is 5.89 Å². The number of carbonyl (C=O) groups is 1. The van der Waals surface area contributed by atoms with Gasteiger partial charge in [-0.3, -0.25) is 4.79 Å². The van der Waals surface area contributed by atoms with E-state index >= 15 is 0 Å². The minimum absolute atomic E-state index is 0.271.